The Morgan fingerprint density at radius 3 is 2.67 bits per heavy atom. The van der Waals surface area contributed by atoms with Crippen molar-refractivity contribution < 1.29 is 19.1 Å². The smallest absolute Gasteiger partial charge is 0.331 e. The summed E-state index contributed by atoms with van der Waals surface area (Å²) in [6.45, 7) is 2.39. The molecule has 6 heteroatoms. The third kappa shape index (κ3) is 1.72. The highest BCUT2D eigenvalue weighted by Gasteiger charge is 2.42. The highest BCUT2D eigenvalue weighted by atomic mass is 16.5. The standard InChI is InChI=1S/C9H12N2O4/c1-5-4-6(2-3-15-5)11-8(13)7(12)10-9(11)14/h5-6H,2-4H2,1H3,(H,10,12,14). The van der Waals surface area contributed by atoms with Crippen molar-refractivity contribution in [3.8, 4) is 0 Å². The van der Waals surface area contributed by atoms with E-state index < -0.39 is 17.8 Å². The van der Waals surface area contributed by atoms with Gasteiger partial charge in [-0.05, 0) is 19.8 Å². The summed E-state index contributed by atoms with van der Waals surface area (Å²) in [4.78, 5) is 34.7. The molecule has 2 aliphatic rings. The second-order valence-electron chi connectivity index (χ2n) is 3.79. The topological polar surface area (TPSA) is 75.7 Å². The van der Waals surface area contributed by atoms with E-state index in [0.29, 0.717) is 19.4 Å². The normalized spacial score (nSPS) is 32.1. The van der Waals surface area contributed by atoms with Gasteiger partial charge in [-0.2, -0.15) is 0 Å². The van der Waals surface area contributed by atoms with Crippen LogP contribution in [-0.4, -0.2) is 41.5 Å². The molecule has 2 atom stereocenters. The first-order valence-corrected chi connectivity index (χ1v) is 4.89. The predicted molar refractivity (Wildman–Crippen MR) is 48.8 cm³/mol. The third-order valence-corrected chi connectivity index (χ3v) is 2.67. The summed E-state index contributed by atoms with van der Waals surface area (Å²) in [6.07, 6.45) is 1.20. The minimum Gasteiger partial charge on any atom is -0.378 e. The summed E-state index contributed by atoms with van der Waals surface area (Å²) < 4.78 is 5.31. The van der Waals surface area contributed by atoms with E-state index in [4.69, 9.17) is 4.74 Å². The molecular weight excluding hydrogens is 200 g/mol. The first-order chi connectivity index (χ1) is 7.09. The van der Waals surface area contributed by atoms with Gasteiger partial charge >= 0.3 is 17.8 Å². The van der Waals surface area contributed by atoms with Crippen molar-refractivity contribution in [3.63, 3.8) is 0 Å². The van der Waals surface area contributed by atoms with Gasteiger partial charge in [0.15, 0.2) is 0 Å². The van der Waals surface area contributed by atoms with Gasteiger partial charge in [-0.15, -0.1) is 0 Å². The quantitative estimate of drug-likeness (QED) is 0.475. The number of hydrogen-bond acceptors (Lipinski definition) is 4. The van der Waals surface area contributed by atoms with E-state index in [1.54, 1.807) is 0 Å². The first kappa shape index (κ1) is 10.1. The van der Waals surface area contributed by atoms with E-state index >= 15 is 0 Å². The molecule has 2 saturated heterocycles. The summed E-state index contributed by atoms with van der Waals surface area (Å²) in [5.41, 5.74) is 0. The molecule has 15 heavy (non-hydrogen) atoms. The minimum absolute atomic E-state index is 0.0139. The lowest BCUT2D eigenvalue weighted by atomic mass is 10.0. The van der Waals surface area contributed by atoms with Gasteiger partial charge in [-0.1, -0.05) is 0 Å². The second kappa shape index (κ2) is 3.62. The zero-order chi connectivity index (χ0) is 11.0. The summed E-state index contributed by atoms with van der Waals surface area (Å²) in [5, 5.41) is 1.99. The Kier molecular flexibility index (Phi) is 2.44. The third-order valence-electron chi connectivity index (χ3n) is 2.67. The highest BCUT2D eigenvalue weighted by molar-refractivity contribution is 6.44. The van der Waals surface area contributed by atoms with Crippen LogP contribution in [0.4, 0.5) is 4.79 Å². The Morgan fingerprint density at radius 2 is 2.13 bits per heavy atom. The molecule has 1 N–H and O–H groups in total. The van der Waals surface area contributed by atoms with E-state index in [2.05, 4.69) is 0 Å². The van der Waals surface area contributed by atoms with E-state index in [0.717, 1.165) is 4.90 Å². The molecule has 82 valence electrons. The van der Waals surface area contributed by atoms with Crippen molar-refractivity contribution in [3.05, 3.63) is 0 Å². The maximum absolute atomic E-state index is 11.4. The van der Waals surface area contributed by atoms with Gasteiger partial charge in [0.05, 0.1) is 6.10 Å². The fourth-order valence-corrected chi connectivity index (χ4v) is 1.95. The second-order valence-corrected chi connectivity index (χ2v) is 3.79. The molecule has 4 amide bonds. The number of nitrogens with one attached hydrogen (secondary N) is 1. The SMILES string of the molecule is CC1CC(N2C(=O)NC(=O)C2=O)CCO1. The highest BCUT2D eigenvalue weighted by Crippen LogP contribution is 2.21. The van der Waals surface area contributed by atoms with Gasteiger partial charge in [0.2, 0.25) is 0 Å². The number of urea groups is 1. The number of rotatable bonds is 1. The fourth-order valence-electron chi connectivity index (χ4n) is 1.95. The lowest BCUT2D eigenvalue weighted by molar-refractivity contribution is -0.142. The Balaban J connectivity index is 2.12. The first-order valence-electron chi connectivity index (χ1n) is 4.89. The predicted octanol–water partition coefficient (Wildman–Crippen LogP) is -0.368. The number of imide groups is 2. The van der Waals surface area contributed by atoms with Gasteiger partial charge in [0, 0.05) is 12.6 Å². The van der Waals surface area contributed by atoms with Crippen LogP contribution in [0.25, 0.3) is 0 Å². The van der Waals surface area contributed by atoms with Crippen LogP contribution in [0.3, 0.4) is 0 Å². The molecule has 0 aromatic heterocycles. The fraction of sp³-hybridized carbons (Fsp3) is 0.667. The number of carbonyl (C=O) groups excluding carboxylic acids is 3. The molecular formula is C9H12N2O4. The van der Waals surface area contributed by atoms with Gasteiger partial charge in [-0.25, -0.2) is 4.79 Å². The van der Waals surface area contributed by atoms with Crippen molar-refractivity contribution in [1.29, 1.82) is 0 Å². The number of carbonyl (C=O) groups is 3. The molecule has 0 aliphatic carbocycles. The monoisotopic (exact) mass is 212 g/mol. The van der Waals surface area contributed by atoms with Gasteiger partial charge < -0.3 is 4.74 Å². The average molecular weight is 212 g/mol. The van der Waals surface area contributed by atoms with Crippen LogP contribution < -0.4 is 5.32 Å². The number of nitrogens with zero attached hydrogens (tertiary/aromatic N) is 1. The van der Waals surface area contributed by atoms with Crippen molar-refractivity contribution in [2.24, 2.45) is 0 Å². The summed E-state index contributed by atoms with van der Waals surface area (Å²) in [5.74, 6) is -1.58. The van der Waals surface area contributed by atoms with Crippen LogP contribution in [0.2, 0.25) is 0 Å². The van der Waals surface area contributed by atoms with E-state index in [1.807, 2.05) is 12.2 Å². The van der Waals surface area contributed by atoms with Crippen LogP contribution in [0.15, 0.2) is 0 Å². The molecule has 2 heterocycles. The number of amides is 4. The van der Waals surface area contributed by atoms with Crippen molar-refractivity contribution >= 4 is 17.8 Å². The molecule has 0 aromatic carbocycles. The summed E-state index contributed by atoms with van der Waals surface area (Å²) >= 11 is 0. The molecule has 0 spiro atoms. The van der Waals surface area contributed by atoms with Gasteiger partial charge in [-0.3, -0.25) is 19.8 Å². The van der Waals surface area contributed by atoms with Crippen molar-refractivity contribution in [2.45, 2.75) is 31.9 Å². The molecule has 0 bridgehead atoms. The van der Waals surface area contributed by atoms with E-state index in [9.17, 15) is 14.4 Å². The lowest BCUT2D eigenvalue weighted by Gasteiger charge is -2.31. The lowest BCUT2D eigenvalue weighted by Crippen LogP contribution is -2.45. The number of ether oxygens (including phenoxy) is 1. The molecule has 2 rings (SSSR count). The maximum atomic E-state index is 11.4. The van der Waals surface area contributed by atoms with Gasteiger partial charge in [0.1, 0.15) is 0 Å². The molecule has 2 fully saturated rings. The largest absolute Gasteiger partial charge is 0.378 e. The van der Waals surface area contributed by atoms with Crippen molar-refractivity contribution in [1.82, 2.24) is 10.2 Å². The van der Waals surface area contributed by atoms with Crippen molar-refractivity contribution in [2.75, 3.05) is 6.61 Å². The maximum Gasteiger partial charge on any atom is 0.331 e. The van der Waals surface area contributed by atoms with E-state index in [1.165, 1.54) is 0 Å². The Hall–Kier alpha value is -1.43. The van der Waals surface area contributed by atoms with Crippen LogP contribution in [0.1, 0.15) is 19.8 Å². The molecule has 2 aliphatic heterocycles. The molecule has 0 aromatic rings. The van der Waals surface area contributed by atoms with Crippen LogP contribution in [0, 0.1) is 0 Å². The average Bonchev–Trinajstić information content (AvgIpc) is 2.41. The van der Waals surface area contributed by atoms with Crippen LogP contribution in [0.5, 0.6) is 0 Å². The molecule has 6 nitrogen and oxygen atoms in total. The Bertz CT molecular complexity index is 328. The Labute approximate surface area is 86.6 Å². The summed E-state index contributed by atoms with van der Waals surface area (Å²) in [7, 11) is 0. The van der Waals surface area contributed by atoms with E-state index in [-0.39, 0.29) is 12.1 Å². The molecule has 0 radical (unpaired) electrons. The minimum atomic E-state index is -0.834. The zero-order valence-corrected chi connectivity index (χ0v) is 8.36. The van der Waals surface area contributed by atoms with Crippen LogP contribution >= 0.6 is 0 Å². The molecule has 2 unspecified atom stereocenters. The zero-order valence-electron chi connectivity index (χ0n) is 8.36. The van der Waals surface area contributed by atoms with Gasteiger partial charge in [0.25, 0.3) is 0 Å². The van der Waals surface area contributed by atoms with Crippen LogP contribution in [-0.2, 0) is 14.3 Å². The Morgan fingerprint density at radius 1 is 1.40 bits per heavy atom. The molecule has 0 saturated carbocycles. The number of hydrogen-bond donors (Lipinski definition) is 1. The summed E-state index contributed by atoms with van der Waals surface area (Å²) in [6, 6.07) is -0.822.